The molecule has 0 saturated heterocycles. The molecular weight excluding hydrogens is 178 g/mol. The zero-order valence-corrected chi connectivity index (χ0v) is 8.90. The molecule has 0 aliphatic carbocycles. The molecule has 0 fully saturated rings. The molecule has 14 heavy (non-hydrogen) atoms. The van der Waals surface area contributed by atoms with Crippen LogP contribution in [-0.2, 0) is 13.5 Å². The van der Waals surface area contributed by atoms with Crippen LogP contribution in [0.2, 0.25) is 0 Å². The Hall–Kier alpha value is -0.870. The second-order valence-corrected chi connectivity index (χ2v) is 3.64. The van der Waals surface area contributed by atoms with Crippen molar-refractivity contribution in [1.82, 2.24) is 15.1 Å². The standard InChI is InChI=1S/C10H19N3O/c1-9(4-6-14)11-5-3-10-7-12-13(2)8-10/h7-9,11,14H,3-6H2,1-2H3. The van der Waals surface area contributed by atoms with E-state index in [2.05, 4.69) is 17.3 Å². The molecule has 80 valence electrons. The van der Waals surface area contributed by atoms with E-state index in [-0.39, 0.29) is 6.61 Å². The van der Waals surface area contributed by atoms with Crippen molar-refractivity contribution in [1.29, 1.82) is 0 Å². The zero-order valence-electron chi connectivity index (χ0n) is 8.90. The average molecular weight is 197 g/mol. The highest BCUT2D eigenvalue weighted by molar-refractivity contribution is 5.03. The second-order valence-electron chi connectivity index (χ2n) is 3.64. The van der Waals surface area contributed by atoms with Gasteiger partial charge in [-0.2, -0.15) is 5.10 Å². The van der Waals surface area contributed by atoms with Gasteiger partial charge in [-0.3, -0.25) is 4.68 Å². The van der Waals surface area contributed by atoms with Gasteiger partial charge < -0.3 is 10.4 Å². The summed E-state index contributed by atoms with van der Waals surface area (Å²) < 4.78 is 1.81. The van der Waals surface area contributed by atoms with Crippen molar-refractivity contribution in [2.24, 2.45) is 7.05 Å². The van der Waals surface area contributed by atoms with Crippen molar-refractivity contribution in [2.45, 2.75) is 25.8 Å². The van der Waals surface area contributed by atoms with Crippen LogP contribution in [0.15, 0.2) is 12.4 Å². The highest BCUT2D eigenvalue weighted by Gasteiger charge is 2.00. The molecule has 1 heterocycles. The Bertz CT molecular complexity index is 260. The van der Waals surface area contributed by atoms with Crippen molar-refractivity contribution < 1.29 is 5.11 Å². The van der Waals surface area contributed by atoms with Crippen LogP contribution in [0.1, 0.15) is 18.9 Å². The van der Waals surface area contributed by atoms with Crippen molar-refractivity contribution in [3.05, 3.63) is 18.0 Å². The fourth-order valence-electron chi connectivity index (χ4n) is 1.36. The van der Waals surface area contributed by atoms with E-state index in [0.29, 0.717) is 6.04 Å². The summed E-state index contributed by atoms with van der Waals surface area (Å²) in [7, 11) is 1.92. The topological polar surface area (TPSA) is 50.1 Å². The number of aliphatic hydroxyl groups excluding tert-OH is 1. The molecule has 1 aromatic heterocycles. The molecule has 0 spiro atoms. The van der Waals surface area contributed by atoms with Gasteiger partial charge in [0.1, 0.15) is 0 Å². The fraction of sp³-hybridized carbons (Fsp3) is 0.700. The first-order valence-corrected chi connectivity index (χ1v) is 5.04. The first-order chi connectivity index (χ1) is 6.72. The van der Waals surface area contributed by atoms with Crippen LogP contribution in [0.3, 0.4) is 0 Å². The first-order valence-electron chi connectivity index (χ1n) is 5.04. The van der Waals surface area contributed by atoms with Gasteiger partial charge in [-0.15, -0.1) is 0 Å². The van der Waals surface area contributed by atoms with Gasteiger partial charge in [-0.25, -0.2) is 0 Å². The lowest BCUT2D eigenvalue weighted by molar-refractivity contribution is 0.269. The number of aliphatic hydroxyl groups is 1. The Morgan fingerprint density at radius 1 is 1.64 bits per heavy atom. The van der Waals surface area contributed by atoms with Crippen molar-refractivity contribution in [3.8, 4) is 0 Å². The minimum absolute atomic E-state index is 0.251. The van der Waals surface area contributed by atoms with Gasteiger partial charge in [0, 0.05) is 25.9 Å². The minimum Gasteiger partial charge on any atom is -0.396 e. The van der Waals surface area contributed by atoms with Gasteiger partial charge >= 0.3 is 0 Å². The molecule has 0 bridgehead atoms. The number of nitrogens with zero attached hydrogens (tertiary/aromatic N) is 2. The maximum absolute atomic E-state index is 8.70. The Morgan fingerprint density at radius 2 is 2.43 bits per heavy atom. The van der Waals surface area contributed by atoms with Crippen molar-refractivity contribution in [3.63, 3.8) is 0 Å². The molecule has 1 rings (SSSR count). The van der Waals surface area contributed by atoms with Gasteiger partial charge in [-0.05, 0) is 31.9 Å². The Labute approximate surface area is 84.9 Å². The minimum atomic E-state index is 0.251. The van der Waals surface area contributed by atoms with E-state index < -0.39 is 0 Å². The van der Waals surface area contributed by atoms with Crippen molar-refractivity contribution in [2.75, 3.05) is 13.2 Å². The summed E-state index contributed by atoms with van der Waals surface area (Å²) in [6.07, 6.45) is 5.72. The molecule has 4 heteroatoms. The first kappa shape index (κ1) is 11.2. The summed E-state index contributed by atoms with van der Waals surface area (Å²) >= 11 is 0. The molecular formula is C10H19N3O. The molecule has 0 aliphatic rings. The summed E-state index contributed by atoms with van der Waals surface area (Å²) in [6, 6.07) is 0.386. The molecule has 0 radical (unpaired) electrons. The quantitative estimate of drug-likeness (QED) is 0.690. The summed E-state index contributed by atoms with van der Waals surface area (Å²) in [5, 5.41) is 16.1. The Morgan fingerprint density at radius 3 is 3.00 bits per heavy atom. The second kappa shape index (κ2) is 5.78. The van der Waals surface area contributed by atoms with Crippen LogP contribution >= 0.6 is 0 Å². The van der Waals surface area contributed by atoms with E-state index >= 15 is 0 Å². The average Bonchev–Trinajstić information content (AvgIpc) is 2.52. The Balaban J connectivity index is 2.15. The molecule has 1 atom stereocenters. The van der Waals surface area contributed by atoms with E-state index in [1.54, 1.807) is 0 Å². The number of hydrogen-bond donors (Lipinski definition) is 2. The van der Waals surface area contributed by atoms with Crippen LogP contribution in [0, 0.1) is 0 Å². The third-order valence-electron chi connectivity index (χ3n) is 2.23. The monoisotopic (exact) mass is 197 g/mol. The van der Waals surface area contributed by atoms with Crippen LogP contribution < -0.4 is 5.32 Å². The highest BCUT2D eigenvalue weighted by Crippen LogP contribution is 1.97. The molecule has 2 N–H and O–H groups in total. The maximum Gasteiger partial charge on any atom is 0.0522 e. The molecule has 1 unspecified atom stereocenters. The van der Waals surface area contributed by atoms with Gasteiger partial charge in [0.25, 0.3) is 0 Å². The van der Waals surface area contributed by atoms with E-state index in [4.69, 9.17) is 5.11 Å². The van der Waals surface area contributed by atoms with Gasteiger partial charge in [0.2, 0.25) is 0 Å². The van der Waals surface area contributed by atoms with E-state index in [1.807, 2.05) is 24.1 Å². The lowest BCUT2D eigenvalue weighted by Crippen LogP contribution is -2.28. The van der Waals surface area contributed by atoms with Gasteiger partial charge in [-0.1, -0.05) is 0 Å². The molecule has 0 aliphatic heterocycles. The lowest BCUT2D eigenvalue weighted by Gasteiger charge is -2.11. The number of rotatable bonds is 6. The van der Waals surface area contributed by atoms with Crippen LogP contribution in [0.4, 0.5) is 0 Å². The summed E-state index contributed by atoms with van der Waals surface area (Å²) in [5.41, 5.74) is 1.25. The largest absolute Gasteiger partial charge is 0.396 e. The molecule has 0 aromatic carbocycles. The predicted octanol–water partition coefficient (Wildman–Crippen LogP) is 0.323. The highest BCUT2D eigenvalue weighted by atomic mass is 16.3. The molecule has 1 aromatic rings. The lowest BCUT2D eigenvalue weighted by atomic mass is 10.2. The molecule has 4 nitrogen and oxygen atoms in total. The summed E-state index contributed by atoms with van der Waals surface area (Å²) in [4.78, 5) is 0. The third-order valence-corrected chi connectivity index (χ3v) is 2.23. The zero-order chi connectivity index (χ0) is 10.4. The van der Waals surface area contributed by atoms with Crippen LogP contribution in [0.5, 0.6) is 0 Å². The van der Waals surface area contributed by atoms with E-state index in [1.165, 1.54) is 5.56 Å². The number of hydrogen-bond acceptors (Lipinski definition) is 3. The van der Waals surface area contributed by atoms with E-state index in [0.717, 1.165) is 19.4 Å². The van der Waals surface area contributed by atoms with Crippen molar-refractivity contribution >= 4 is 0 Å². The van der Waals surface area contributed by atoms with Gasteiger partial charge in [0.05, 0.1) is 6.20 Å². The van der Waals surface area contributed by atoms with Gasteiger partial charge in [0.15, 0.2) is 0 Å². The van der Waals surface area contributed by atoms with Crippen LogP contribution in [-0.4, -0.2) is 34.1 Å². The Kier molecular flexibility index (Phi) is 4.62. The normalized spacial score (nSPS) is 13.1. The fourth-order valence-corrected chi connectivity index (χ4v) is 1.36. The number of aromatic nitrogens is 2. The third kappa shape index (κ3) is 3.89. The molecule has 0 amide bonds. The number of nitrogens with one attached hydrogen (secondary N) is 1. The summed E-state index contributed by atoms with van der Waals surface area (Å²) in [5.74, 6) is 0. The number of aryl methyl sites for hydroxylation is 1. The molecule has 0 saturated carbocycles. The maximum atomic E-state index is 8.70. The predicted molar refractivity (Wildman–Crippen MR) is 56.1 cm³/mol. The van der Waals surface area contributed by atoms with E-state index in [9.17, 15) is 0 Å². The van der Waals surface area contributed by atoms with Crippen LogP contribution in [0.25, 0.3) is 0 Å². The summed E-state index contributed by atoms with van der Waals surface area (Å²) in [6.45, 7) is 3.27. The smallest absolute Gasteiger partial charge is 0.0522 e. The SMILES string of the molecule is CC(CCO)NCCc1cnn(C)c1.